The van der Waals surface area contributed by atoms with E-state index < -0.39 is 0 Å². The molecule has 1 aromatic rings. The van der Waals surface area contributed by atoms with Crippen molar-refractivity contribution in [2.75, 3.05) is 79.3 Å². The van der Waals surface area contributed by atoms with Crippen LogP contribution in [0.1, 0.15) is 11.6 Å². The second-order valence-electron chi connectivity index (χ2n) is 7.02. The molecular formula is C20H32ClN5O2. The first kappa shape index (κ1) is 21.3. The average molecular weight is 410 g/mol. The number of benzene rings is 1. The van der Waals surface area contributed by atoms with Gasteiger partial charge < -0.3 is 20.1 Å². The van der Waals surface area contributed by atoms with E-state index in [1.165, 1.54) is 0 Å². The molecule has 156 valence electrons. The molecule has 0 spiro atoms. The van der Waals surface area contributed by atoms with Crippen molar-refractivity contribution in [1.29, 1.82) is 0 Å². The molecule has 1 unspecified atom stereocenters. The number of guanidine groups is 1. The molecule has 2 aliphatic rings. The van der Waals surface area contributed by atoms with Crippen LogP contribution < -0.4 is 10.6 Å². The lowest BCUT2D eigenvalue weighted by molar-refractivity contribution is 0.0170. The van der Waals surface area contributed by atoms with Gasteiger partial charge in [0.1, 0.15) is 0 Å². The molecule has 1 aromatic carbocycles. The summed E-state index contributed by atoms with van der Waals surface area (Å²) in [6.45, 7) is 9.55. The molecule has 2 N–H and O–H groups in total. The monoisotopic (exact) mass is 409 g/mol. The number of morpholine rings is 2. The molecule has 0 aliphatic carbocycles. The summed E-state index contributed by atoms with van der Waals surface area (Å²) >= 11 is 6.51. The lowest BCUT2D eigenvalue weighted by Gasteiger charge is -2.35. The summed E-state index contributed by atoms with van der Waals surface area (Å²) in [5.74, 6) is 0.818. The lowest BCUT2D eigenvalue weighted by atomic mass is 10.0. The maximum absolute atomic E-state index is 6.51. The van der Waals surface area contributed by atoms with Gasteiger partial charge in [-0.3, -0.25) is 14.8 Å². The predicted molar refractivity (Wildman–Crippen MR) is 113 cm³/mol. The van der Waals surface area contributed by atoms with E-state index in [4.69, 9.17) is 21.1 Å². The summed E-state index contributed by atoms with van der Waals surface area (Å²) in [6, 6.07) is 8.26. The molecule has 7 nitrogen and oxygen atoms in total. The molecule has 2 heterocycles. The van der Waals surface area contributed by atoms with Gasteiger partial charge in [-0.05, 0) is 11.6 Å². The first-order valence-corrected chi connectivity index (χ1v) is 10.5. The average Bonchev–Trinajstić information content (AvgIpc) is 2.75. The van der Waals surface area contributed by atoms with Gasteiger partial charge in [-0.15, -0.1) is 0 Å². The van der Waals surface area contributed by atoms with Gasteiger partial charge in [0.25, 0.3) is 0 Å². The van der Waals surface area contributed by atoms with E-state index in [0.717, 1.165) is 88.8 Å². The van der Waals surface area contributed by atoms with Gasteiger partial charge >= 0.3 is 0 Å². The van der Waals surface area contributed by atoms with E-state index in [2.05, 4.69) is 31.5 Å². The number of nitrogens with one attached hydrogen (secondary N) is 2. The first-order chi connectivity index (χ1) is 13.8. The normalized spacial score (nSPS) is 20.7. The van der Waals surface area contributed by atoms with Crippen LogP contribution >= 0.6 is 11.6 Å². The molecule has 0 bridgehead atoms. The van der Waals surface area contributed by atoms with Crippen LogP contribution in [0.4, 0.5) is 0 Å². The van der Waals surface area contributed by atoms with Crippen molar-refractivity contribution in [3.05, 3.63) is 34.9 Å². The van der Waals surface area contributed by atoms with E-state index in [1.54, 1.807) is 0 Å². The van der Waals surface area contributed by atoms with Crippen molar-refractivity contribution in [3.63, 3.8) is 0 Å². The zero-order chi connectivity index (χ0) is 19.6. The minimum absolute atomic E-state index is 0.176. The predicted octanol–water partition coefficient (Wildman–Crippen LogP) is 1.21. The van der Waals surface area contributed by atoms with Crippen molar-refractivity contribution >= 4 is 17.6 Å². The highest BCUT2D eigenvalue weighted by molar-refractivity contribution is 6.31. The fourth-order valence-corrected chi connectivity index (χ4v) is 3.90. The Balaban J connectivity index is 1.54. The highest BCUT2D eigenvalue weighted by Gasteiger charge is 2.24. The molecule has 3 rings (SSSR count). The third-order valence-electron chi connectivity index (χ3n) is 5.26. The third-order valence-corrected chi connectivity index (χ3v) is 5.61. The van der Waals surface area contributed by atoms with Crippen LogP contribution in [-0.2, 0) is 9.47 Å². The lowest BCUT2D eigenvalue weighted by Crippen LogP contribution is -2.48. The van der Waals surface area contributed by atoms with Gasteiger partial charge in [0.2, 0.25) is 0 Å². The fraction of sp³-hybridized carbons (Fsp3) is 0.650. The molecule has 0 aromatic heterocycles. The Morgan fingerprint density at radius 3 is 2.43 bits per heavy atom. The summed E-state index contributed by atoms with van der Waals surface area (Å²) in [6.07, 6.45) is 0. The van der Waals surface area contributed by atoms with Crippen molar-refractivity contribution < 1.29 is 9.47 Å². The van der Waals surface area contributed by atoms with Gasteiger partial charge in [-0.2, -0.15) is 0 Å². The minimum Gasteiger partial charge on any atom is -0.379 e. The number of ether oxygens (including phenoxy) is 2. The second-order valence-corrected chi connectivity index (χ2v) is 7.43. The van der Waals surface area contributed by atoms with Crippen LogP contribution in [0.15, 0.2) is 29.3 Å². The summed E-state index contributed by atoms with van der Waals surface area (Å²) in [4.78, 5) is 9.22. The molecular weight excluding hydrogens is 378 g/mol. The molecule has 0 radical (unpaired) electrons. The SMILES string of the molecule is CN=C(NCCN1CCOCC1)NCC(c1ccccc1Cl)N1CCOCC1. The van der Waals surface area contributed by atoms with E-state index in [0.29, 0.717) is 0 Å². The smallest absolute Gasteiger partial charge is 0.191 e. The van der Waals surface area contributed by atoms with Gasteiger partial charge in [0.15, 0.2) is 5.96 Å². The minimum atomic E-state index is 0.176. The Bertz CT molecular complexity index is 618. The van der Waals surface area contributed by atoms with Crippen LogP contribution in [0.5, 0.6) is 0 Å². The molecule has 1 atom stereocenters. The molecule has 28 heavy (non-hydrogen) atoms. The maximum Gasteiger partial charge on any atom is 0.191 e. The van der Waals surface area contributed by atoms with Crippen LogP contribution in [0.3, 0.4) is 0 Å². The van der Waals surface area contributed by atoms with Crippen LogP contribution in [0.2, 0.25) is 5.02 Å². The summed E-state index contributed by atoms with van der Waals surface area (Å²) in [5, 5.41) is 7.71. The van der Waals surface area contributed by atoms with Crippen molar-refractivity contribution in [2.24, 2.45) is 4.99 Å². The van der Waals surface area contributed by atoms with Crippen molar-refractivity contribution in [3.8, 4) is 0 Å². The Hall–Kier alpha value is -1.38. The largest absolute Gasteiger partial charge is 0.379 e. The Morgan fingerprint density at radius 1 is 1.07 bits per heavy atom. The molecule has 0 amide bonds. The van der Waals surface area contributed by atoms with Crippen LogP contribution in [-0.4, -0.2) is 95.0 Å². The molecule has 2 fully saturated rings. The number of nitrogens with zero attached hydrogens (tertiary/aromatic N) is 3. The quantitative estimate of drug-likeness (QED) is 0.521. The highest BCUT2D eigenvalue weighted by Crippen LogP contribution is 2.27. The van der Waals surface area contributed by atoms with E-state index in [-0.39, 0.29) is 6.04 Å². The zero-order valence-corrected chi connectivity index (χ0v) is 17.5. The van der Waals surface area contributed by atoms with Gasteiger partial charge in [0.05, 0.1) is 32.5 Å². The number of rotatable bonds is 7. The highest BCUT2D eigenvalue weighted by atomic mass is 35.5. The standard InChI is InChI=1S/C20H32ClN5O2/c1-22-20(23-6-7-25-8-12-27-13-9-25)24-16-19(26-10-14-28-15-11-26)17-4-2-3-5-18(17)21/h2-5,19H,6-16H2,1H3,(H2,22,23,24). The van der Waals surface area contributed by atoms with Gasteiger partial charge in [-0.1, -0.05) is 29.8 Å². The number of hydrogen-bond donors (Lipinski definition) is 2. The molecule has 2 saturated heterocycles. The first-order valence-electron chi connectivity index (χ1n) is 10.1. The Labute approximate surface area is 173 Å². The van der Waals surface area contributed by atoms with E-state index in [9.17, 15) is 0 Å². The third kappa shape index (κ3) is 6.32. The number of hydrogen-bond acceptors (Lipinski definition) is 5. The molecule has 0 saturated carbocycles. The topological polar surface area (TPSA) is 61.4 Å². The number of halogens is 1. The zero-order valence-electron chi connectivity index (χ0n) is 16.7. The van der Waals surface area contributed by atoms with E-state index in [1.807, 2.05) is 25.2 Å². The van der Waals surface area contributed by atoms with Gasteiger partial charge in [0, 0.05) is 57.9 Å². The Kier molecular flexibility index (Phi) is 8.82. The fourth-order valence-electron chi connectivity index (χ4n) is 3.64. The van der Waals surface area contributed by atoms with Crippen LogP contribution in [0, 0.1) is 0 Å². The van der Waals surface area contributed by atoms with Crippen LogP contribution in [0.25, 0.3) is 0 Å². The summed E-state index contributed by atoms with van der Waals surface area (Å²) < 4.78 is 10.9. The molecule has 8 heteroatoms. The Morgan fingerprint density at radius 2 is 1.75 bits per heavy atom. The maximum atomic E-state index is 6.51. The summed E-state index contributed by atoms with van der Waals surface area (Å²) in [7, 11) is 1.81. The summed E-state index contributed by atoms with van der Waals surface area (Å²) in [5.41, 5.74) is 1.14. The van der Waals surface area contributed by atoms with Crippen molar-refractivity contribution in [1.82, 2.24) is 20.4 Å². The molecule has 2 aliphatic heterocycles. The van der Waals surface area contributed by atoms with Gasteiger partial charge in [-0.25, -0.2) is 0 Å². The number of aliphatic imine (C=N–C) groups is 1. The van der Waals surface area contributed by atoms with E-state index >= 15 is 0 Å². The van der Waals surface area contributed by atoms with Crippen molar-refractivity contribution in [2.45, 2.75) is 6.04 Å². The second kappa shape index (κ2) is 11.6.